The van der Waals surface area contributed by atoms with Crippen molar-refractivity contribution >= 4 is 5.91 Å². The number of carbonyl (C=O) groups is 1. The Morgan fingerprint density at radius 2 is 2.00 bits per heavy atom. The van der Waals surface area contributed by atoms with Gasteiger partial charge in [-0.3, -0.25) is 4.79 Å². The number of hydrogen-bond acceptors (Lipinski definition) is 3. The predicted molar refractivity (Wildman–Crippen MR) is 102 cm³/mol. The molecule has 1 N–H and O–H groups in total. The molecule has 0 aromatic heterocycles. The van der Waals surface area contributed by atoms with E-state index in [1.807, 2.05) is 41.3 Å². The van der Waals surface area contributed by atoms with Crippen molar-refractivity contribution < 1.29 is 14.6 Å². The summed E-state index contributed by atoms with van der Waals surface area (Å²) in [4.78, 5) is 14.8. The fourth-order valence-corrected chi connectivity index (χ4v) is 3.79. The maximum absolute atomic E-state index is 12.9. The first-order valence-corrected chi connectivity index (χ1v) is 9.24. The van der Waals surface area contributed by atoms with Crippen molar-refractivity contribution in [1.29, 1.82) is 0 Å². The molecule has 0 bridgehead atoms. The van der Waals surface area contributed by atoms with Crippen LogP contribution in [0.3, 0.4) is 0 Å². The van der Waals surface area contributed by atoms with Crippen LogP contribution in [0.2, 0.25) is 0 Å². The van der Waals surface area contributed by atoms with Gasteiger partial charge in [0, 0.05) is 24.1 Å². The molecule has 138 valence electrons. The molecule has 4 nitrogen and oxygen atoms in total. The fourth-order valence-electron chi connectivity index (χ4n) is 3.79. The summed E-state index contributed by atoms with van der Waals surface area (Å²) in [5.74, 6) is 0.700. The molecule has 1 fully saturated rings. The molecule has 0 radical (unpaired) electrons. The van der Waals surface area contributed by atoms with E-state index >= 15 is 0 Å². The van der Waals surface area contributed by atoms with Gasteiger partial charge in [0.2, 0.25) is 0 Å². The van der Waals surface area contributed by atoms with Gasteiger partial charge >= 0.3 is 0 Å². The molecule has 2 aromatic carbocycles. The van der Waals surface area contributed by atoms with Crippen molar-refractivity contribution in [3.63, 3.8) is 0 Å². The lowest BCUT2D eigenvalue weighted by Gasteiger charge is -2.42. The third kappa shape index (κ3) is 4.25. The van der Waals surface area contributed by atoms with Gasteiger partial charge in [0.1, 0.15) is 5.75 Å². The van der Waals surface area contributed by atoms with Gasteiger partial charge in [-0.05, 0) is 49.4 Å². The van der Waals surface area contributed by atoms with Crippen molar-refractivity contribution in [2.24, 2.45) is 5.41 Å². The first-order valence-electron chi connectivity index (χ1n) is 9.24. The molecular weight excluding hydrogens is 326 g/mol. The van der Waals surface area contributed by atoms with Gasteiger partial charge in [0.15, 0.2) is 0 Å². The van der Waals surface area contributed by atoms with Crippen LogP contribution in [0.15, 0.2) is 54.6 Å². The van der Waals surface area contributed by atoms with Crippen LogP contribution in [0.4, 0.5) is 0 Å². The summed E-state index contributed by atoms with van der Waals surface area (Å²) < 4.78 is 5.23. The van der Waals surface area contributed by atoms with Crippen molar-refractivity contribution in [3.8, 4) is 5.75 Å². The minimum Gasteiger partial charge on any atom is -0.497 e. The molecule has 3 rings (SSSR count). The third-order valence-electron chi connectivity index (χ3n) is 5.39. The monoisotopic (exact) mass is 353 g/mol. The van der Waals surface area contributed by atoms with E-state index in [1.165, 1.54) is 5.56 Å². The molecule has 0 spiro atoms. The summed E-state index contributed by atoms with van der Waals surface area (Å²) in [5, 5.41) is 10.1. The second kappa shape index (κ2) is 8.37. The predicted octanol–water partition coefficient (Wildman–Crippen LogP) is 3.54. The number of aliphatic hydroxyl groups excluding tert-OH is 1. The van der Waals surface area contributed by atoms with Crippen molar-refractivity contribution in [2.75, 3.05) is 26.8 Å². The topological polar surface area (TPSA) is 49.8 Å². The Balaban J connectivity index is 1.70. The van der Waals surface area contributed by atoms with E-state index in [9.17, 15) is 9.90 Å². The molecule has 1 saturated heterocycles. The maximum Gasteiger partial charge on any atom is 0.254 e. The molecule has 1 aliphatic rings. The van der Waals surface area contributed by atoms with Crippen LogP contribution >= 0.6 is 0 Å². The maximum atomic E-state index is 12.9. The van der Waals surface area contributed by atoms with Gasteiger partial charge in [-0.15, -0.1) is 0 Å². The Hall–Kier alpha value is -2.33. The van der Waals surface area contributed by atoms with Gasteiger partial charge < -0.3 is 14.7 Å². The smallest absolute Gasteiger partial charge is 0.254 e. The van der Waals surface area contributed by atoms with Crippen LogP contribution in [-0.4, -0.2) is 42.7 Å². The average Bonchev–Trinajstić information content (AvgIpc) is 2.72. The fraction of sp³-hybridized carbons (Fsp3) is 0.409. The Kier molecular flexibility index (Phi) is 5.94. The minimum atomic E-state index is -0.220. The van der Waals surface area contributed by atoms with E-state index < -0.39 is 0 Å². The lowest BCUT2D eigenvalue weighted by atomic mass is 9.76. The standard InChI is InChI=1S/C22H27NO3/c1-26-20-10-5-9-19(15-20)21(25)23-14-6-12-22(16-23,17-24)13-11-18-7-3-2-4-8-18/h2-5,7-10,15,24H,6,11-14,16-17H2,1H3/t22-/m1/s1. The molecule has 1 heterocycles. The van der Waals surface area contributed by atoms with Crippen LogP contribution in [0.25, 0.3) is 0 Å². The van der Waals surface area contributed by atoms with Crippen molar-refractivity contribution in [1.82, 2.24) is 4.90 Å². The number of nitrogens with zero attached hydrogens (tertiary/aromatic N) is 1. The summed E-state index contributed by atoms with van der Waals surface area (Å²) >= 11 is 0. The number of benzene rings is 2. The van der Waals surface area contributed by atoms with Gasteiger partial charge in [-0.2, -0.15) is 0 Å². The number of rotatable bonds is 6. The zero-order chi connectivity index (χ0) is 18.4. The van der Waals surface area contributed by atoms with Gasteiger partial charge in [0.05, 0.1) is 13.7 Å². The minimum absolute atomic E-state index is 0.0149. The first kappa shape index (κ1) is 18.5. The van der Waals surface area contributed by atoms with Crippen LogP contribution in [0, 0.1) is 5.41 Å². The molecule has 26 heavy (non-hydrogen) atoms. The first-order chi connectivity index (χ1) is 12.7. The van der Waals surface area contributed by atoms with E-state index in [-0.39, 0.29) is 17.9 Å². The molecule has 0 aliphatic carbocycles. The highest BCUT2D eigenvalue weighted by atomic mass is 16.5. The van der Waals surface area contributed by atoms with Gasteiger partial charge in [-0.1, -0.05) is 36.4 Å². The summed E-state index contributed by atoms with van der Waals surface area (Å²) in [5.41, 5.74) is 1.69. The Bertz CT molecular complexity index is 731. The summed E-state index contributed by atoms with van der Waals surface area (Å²) in [6, 6.07) is 17.6. The number of ether oxygens (including phenoxy) is 1. The van der Waals surface area contributed by atoms with Gasteiger partial charge in [-0.25, -0.2) is 0 Å². The van der Waals surface area contributed by atoms with Crippen LogP contribution in [0.5, 0.6) is 5.75 Å². The number of aryl methyl sites for hydroxylation is 1. The number of carbonyl (C=O) groups excluding carboxylic acids is 1. The van der Waals surface area contributed by atoms with E-state index in [0.717, 1.165) is 32.2 Å². The molecule has 4 heteroatoms. The molecule has 1 atom stereocenters. The molecule has 2 aromatic rings. The Morgan fingerprint density at radius 1 is 1.19 bits per heavy atom. The second-order valence-corrected chi connectivity index (χ2v) is 7.21. The second-order valence-electron chi connectivity index (χ2n) is 7.21. The Labute approximate surface area is 155 Å². The largest absolute Gasteiger partial charge is 0.497 e. The van der Waals surface area contributed by atoms with E-state index in [4.69, 9.17) is 4.74 Å². The molecule has 1 aliphatic heterocycles. The normalized spacial score (nSPS) is 20.0. The van der Waals surface area contributed by atoms with Crippen molar-refractivity contribution in [2.45, 2.75) is 25.7 Å². The highest BCUT2D eigenvalue weighted by Crippen LogP contribution is 2.35. The molecule has 1 amide bonds. The highest BCUT2D eigenvalue weighted by Gasteiger charge is 2.36. The number of amides is 1. The third-order valence-corrected chi connectivity index (χ3v) is 5.39. The van der Waals surface area contributed by atoms with Crippen LogP contribution < -0.4 is 4.74 Å². The summed E-state index contributed by atoms with van der Waals surface area (Å²) in [6.45, 7) is 1.46. The number of piperidine rings is 1. The average molecular weight is 353 g/mol. The van der Waals surface area contributed by atoms with E-state index in [0.29, 0.717) is 17.9 Å². The Morgan fingerprint density at radius 3 is 2.73 bits per heavy atom. The van der Waals surface area contributed by atoms with E-state index in [2.05, 4.69) is 12.1 Å². The number of likely N-dealkylation sites (tertiary alicyclic amines) is 1. The number of methoxy groups -OCH3 is 1. The van der Waals surface area contributed by atoms with Crippen LogP contribution in [-0.2, 0) is 6.42 Å². The SMILES string of the molecule is COc1cccc(C(=O)N2CCC[C@@](CO)(CCc3ccccc3)C2)c1. The zero-order valence-electron chi connectivity index (χ0n) is 15.4. The number of hydrogen-bond donors (Lipinski definition) is 1. The van der Waals surface area contributed by atoms with Crippen LogP contribution in [0.1, 0.15) is 35.2 Å². The summed E-state index contributed by atoms with van der Waals surface area (Å²) in [6.07, 6.45) is 3.68. The summed E-state index contributed by atoms with van der Waals surface area (Å²) in [7, 11) is 1.60. The zero-order valence-corrected chi connectivity index (χ0v) is 15.4. The lowest BCUT2D eigenvalue weighted by molar-refractivity contribution is 0.0228. The quantitative estimate of drug-likeness (QED) is 0.864. The van der Waals surface area contributed by atoms with Gasteiger partial charge in [0.25, 0.3) is 5.91 Å². The van der Waals surface area contributed by atoms with E-state index in [1.54, 1.807) is 13.2 Å². The highest BCUT2D eigenvalue weighted by molar-refractivity contribution is 5.94. The number of aliphatic hydroxyl groups is 1. The molecule has 0 unspecified atom stereocenters. The van der Waals surface area contributed by atoms with Crippen molar-refractivity contribution in [3.05, 3.63) is 65.7 Å². The molecule has 0 saturated carbocycles. The lowest BCUT2D eigenvalue weighted by Crippen LogP contribution is -2.48. The molecular formula is C22H27NO3.